The van der Waals surface area contributed by atoms with Crippen LogP contribution in [0.3, 0.4) is 0 Å². The van der Waals surface area contributed by atoms with Gasteiger partial charge in [0.15, 0.2) is 0 Å². The lowest BCUT2D eigenvalue weighted by Crippen LogP contribution is -2.46. The van der Waals surface area contributed by atoms with Gasteiger partial charge in [-0.05, 0) is 146 Å². The van der Waals surface area contributed by atoms with Gasteiger partial charge in [0.1, 0.15) is 24.7 Å². The maximum Gasteiger partial charge on any atom is 0.261 e. The van der Waals surface area contributed by atoms with E-state index in [4.69, 9.17) is 28.9 Å². The van der Waals surface area contributed by atoms with Gasteiger partial charge in [0, 0.05) is 171 Å². The van der Waals surface area contributed by atoms with E-state index in [-0.39, 0.29) is 74.2 Å². The second-order valence-electron chi connectivity index (χ2n) is 27.8. The first kappa shape index (κ1) is 68.7. The van der Waals surface area contributed by atoms with Crippen LogP contribution in [0.5, 0.6) is 11.5 Å². The van der Waals surface area contributed by atoms with E-state index in [0.29, 0.717) is 227 Å². The van der Waals surface area contributed by atoms with Gasteiger partial charge in [0.25, 0.3) is 47.3 Å². The van der Waals surface area contributed by atoms with Crippen LogP contribution in [0.1, 0.15) is 212 Å². The molecule has 106 heavy (non-hydrogen) atoms. The molecule has 2 aromatic heterocycles. The molecule has 0 unspecified atom stereocenters. The molecule has 18 nitrogen and oxygen atoms in total. The highest BCUT2D eigenvalue weighted by atomic mass is 16.5. The first-order valence-corrected chi connectivity index (χ1v) is 36.8. The van der Waals surface area contributed by atoms with Gasteiger partial charge in [-0.25, -0.2) is 0 Å². The summed E-state index contributed by atoms with van der Waals surface area (Å²) in [5.74, 6) is 11.2. The topological polar surface area (TPSA) is 212 Å². The van der Waals surface area contributed by atoms with Crippen LogP contribution in [0.4, 0.5) is 0 Å². The number of hydrogen-bond acceptors (Lipinski definition) is 14. The molecular weight excluding hydrogens is 1330 g/mol. The molecule has 0 saturated carbocycles. The maximum absolute atomic E-state index is 15.1. The van der Waals surface area contributed by atoms with Gasteiger partial charge in [-0.15, -0.1) is 0 Å². The Morgan fingerprint density at radius 2 is 0.575 bits per heavy atom. The molecule has 12 aromatic rings. The first-order chi connectivity index (χ1) is 51.5. The third-order valence-corrected chi connectivity index (χ3v) is 22.5. The van der Waals surface area contributed by atoms with E-state index in [1.165, 1.54) is 19.6 Å². The normalized spacial score (nSPS) is 14.4. The Bertz CT molecular complexity index is 5620. The molecule has 4 aliphatic rings. The van der Waals surface area contributed by atoms with Crippen LogP contribution < -0.4 is 9.47 Å². The molecule has 10 aromatic carbocycles. The minimum atomic E-state index is -0.424. The smallest absolute Gasteiger partial charge is 0.261 e. The van der Waals surface area contributed by atoms with Gasteiger partial charge in [0.2, 0.25) is 0 Å². The summed E-state index contributed by atoms with van der Waals surface area (Å²) in [6.07, 6.45) is 7.83. The average molecular weight is 1410 g/mol. The van der Waals surface area contributed by atoms with Crippen molar-refractivity contribution >= 4 is 133 Å². The second-order valence-corrected chi connectivity index (χ2v) is 27.8. The highest BCUT2D eigenvalue weighted by Gasteiger charge is 2.44. The minimum Gasteiger partial charge on any atom is -0.490 e. The van der Waals surface area contributed by atoms with Gasteiger partial charge in [0.05, 0.1) is 35.7 Å². The molecule has 0 radical (unpaired) electrons. The van der Waals surface area contributed by atoms with Crippen LogP contribution in [-0.4, -0.2) is 142 Å². The number of pyridine rings is 2. The molecule has 16 rings (SSSR count). The van der Waals surface area contributed by atoms with Crippen molar-refractivity contribution in [2.75, 3.05) is 40.6 Å². The predicted octanol–water partition coefficient (Wildman–Crippen LogP) is 16.2. The van der Waals surface area contributed by atoms with Gasteiger partial charge >= 0.3 is 0 Å². The van der Waals surface area contributed by atoms with Crippen LogP contribution in [0.2, 0.25) is 0 Å². The Morgan fingerprint density at radius 3 is 0.849 bits per heavy atom. The van der Waals surface area contributed by atoms with Crippen molar-refractivity contribution in [3.05, 3.63) is 176 Å². The number of benzene rings is 10. The Morgan fingerprint density at radius 1 is 0.302 bits per heavy atom. The van der Waals surface area contributed by atoms with E-state index in [1.54, 1.807) is 75.1 Å². The van der Waals surface area contributed by atoms with E-state index >= 15 is 9.59 Å². The number of carbonyl (C=O) groups excluding carboxylic acids is 8. The molecule has 530 valence electrons. The third kappa shape index (κ3) is 10.1. The summed E-state index contributed by atoms with van der Waals surface area (Å²) in [5.41, 5.74) is 5.98. The number of nitrogens with zero attached hydrogens (tertiary/aromatic N) is 6. The first-order valence-electron chi connectivity index (χ1n) is 36.8. The van der Waals surface area contributed by atoms with Crippen molar-refractivity contribution < 1.29 is 57.3 Å². The molecule has 18 heteroatoms. The highest BCUT2D eigenvalue weighted by molar-refractivity contribution is 6.45. The maximum atomic E-state index is 15.1. The van der Waals surface area contributed by atoms with E-state index < -0.39 is 23.6 Å². The van der Waals surface area contributed by atoms with Crippen LogP contribution in [0.15, 0.2) is 109 Å². The van der Waals surface area contributed by atoms with Crippen LogP contribution in [-0.2, 0) is 9.47 Å². The van der Waals surface area contributed by atoms with E-state index in [0.717, 1.165) is 0 Å². The fraction of sp³-hybridized carbons (Fsp3) is 0.295. The lowest BCUT2D eigenvalue weighted by molar-refractivity contribution is 0.0514. The molecule has 4 aliphatic heterocycles. The van der Waals surface area contributed by atoms with E-state index in [2.05, 4.69) is 23.7 Å². The summed E-state index contributed by atoms with van der Waals surface area (Å²) in [5, 5.41) is 9.67. The van der Waals surface area contributed by atoms with Gasteiger partial charge in [-0.2, -0.15) is 0 Å². The van der Waals surface area contributed by atoms with Crippen LogP contribution in [0, 0.1) is 23.7 Å². The molecule has 0 bridgehead atoms. The lowest BCUT2D eigenvalue weighted by atomic mass is 9.80. The number of amides is 8. The fourth-order valence-electron chi connectivity index (χ4n) is 17.3. The molecular formula is C88H76N6O12. The average Bonchev–Trinajstić information content (AvgIpc) is 0.685. The van der Waals surface area contributed by atoms with Crippen molar-refractivity contribution in [3.63, 3.8) is 0 Å². The van der Waals surface area contributed by atoms with Crippen molar-refractivity contribution in [2.24, 2.45) is 0 Å². The Labute approximate surface area is 611 Å². The molecule has 0 aliphatic carbocycles. The highest BCUT2D eigenvalue weighted by Crippen LogP contribution is 2.54. The quantitative estimate of drug-likeness (QED) is 0.0215. The number of methoxy groups -OCH3 is 2. The second kappa shape index (κ2) is 26.8. The number of fused-ring (bicyclic) bond motifs is 4. The minimum absolute atomic E-state index is 0.147. The van der Waals surface area contributed by atoms with Gasteiger partial charge in [-0.1, -0.05) is 103 Å². The number of carbonyl (C=O) groups is 8. The number of ether oxygens (including phenoxy) is 4. The summed E-state index contributed by atoms with van der Waals surface area (Å²) in [4.78, 5) is 134. The largest absolute Gasteiger partial charge is 0.490 e. The Balaban J connectivity index is 0.817. The molecule has 0 saturated heterocycles. The molecule has 0 fully saturated rings. The van der Waals surface area contributed by atoms with E-state index in [9.17, 15) is 28.8 Å². The molecule has 6 heterocycles. The van der Waals surface area contributed by atoms with Gasteiger partial charge in [-0.3, -0.25) is 67.9 Å². The summed E-state index contributed by atoms with van der Waals surface area (Å²) in [7, 11) is 3.16. The summed E-state index contributed by atoms with van der Waals surface area (Å²) in [6.45, 7) is 16.5. The summed E-state index contributed by atoms with van der Waals surface area (Å²) < 4.78 is 24.0. The van der Waals surface area contributed by atoms with Crippen molar-refractivity contribution in [1.29, 1.82) is 0 Å². The monoisotopic (exact) mass is 1410 g/mol. The molecule has 8 amide bonds. The molecule has 0 spiro atoms. The van der Waals surface area contributed by atoms with Gasteiger partial charge < -0.3 is 18.9 Å². The van der Waals surface area contributed by atoms with Crippen LogP contribution >= 0.6 is 0 Å². The number of imide groups is 4. The fourth-order valence-corrected chi connectivity index (χ4v) is 17.3. The molecule has 0 atom stereocenters. The SMILES string of the molecule is CCC(CC)N1C(=O)c2ccc3c4c(OCCOC)cc5c6c(ccc(c7c(C#Cc8ccc(-c9ccc(C#Cc%10cc%11c%12c(ccc%13c%14c(OCCOC)cc%15c%16c(ccc(c%10c%12%13)c%16%14)C(=O)N(C(CC)CC)C%15=O)C(=O)N(C(CC)CC)C%11=O)cn9)nc8)cc(c2c37)C1=O)c64)C(=O)N(C(CC)CC)C5=O. The molecule has 0 N–H and O–H groups in total. The van der Waals surface area contributed by atoms with E-state index in [1.807, 2.05) is 104 Å². The Kier molecular flexibility index (Phi) is 17.4. The van der Waals surface area contributed by atoms with Crippen molar-refractivity contribution in [1.82, 2.24) is 29.6 Å². The zero-order valence-corrected chi connectivity index (χ0v) is 60.8. The predicted molar refractivity (Wildman–Crippen MR) is 409 cm³/mol. The third-order valence-electron chi connectivity index (χ3n) is 22.5. The summed E-state index contributed by atoms with van der Waals surface area (Å²) >= 11 is 0. The van der Waals surface area contributed by atoms with Crippen molar-refractivity contribution in [3.8, 4) is 46.6 Å². The number of rotatable bonds is 21. The lowest BCUT2D eigenvalue weighted by Gasteiger charge is -2.35. The Hall–Kier alpha value is -11.7. The zero-order chi connectivity index (χ0) is 74.0. The standard InChI is InChI=1S/C88H76N6O12/c1-11-49(12-2)91-81(95)57-31-27-55-75-67(105-37-35-103-9)41-63-73-59(83(97)93(87(63)101)51(15-5)16-6)29-25-53(79(73)75)69-47(39-61(85(91)99)71(57)77(55)69)23-19-45-21-33-65(89-43-45)66-34-22-46(44-90-66)20-24-48-40-62-72-58(82(96)92(86(62)100)50(13-3)14-4)32-28-56-76-68(106-38-36-104-10)42-64-74-60(30-26-54(80(74)76)70(48)78(56)72)84(98)94(88(64)102)52(17-7)18-8/h21-22,25-34,39-44,49-52H,11-18,35-38H2,1-10H3. The van der Waals surface area contributed by atoms with Crippen molar-refractivity contribution in [2.45, 2.75) is 131 Å². The number of aromatic nitrogens is 2. The van der Waals surface area contributed by atoms with Crippen LogP contribution in [0.25, 0.3) is 97.6 Å². The summed E-state index contributed by atoms with van der Waals surface area (Å²) in [6, 6.07) is 27.6. The number of hydrogen-bond donors (Lipinski definition) is 0. The zero-order valence-electron chi connectivity index (χ0n) is 60.8.